The van der Waals surface area contributed by atoms with Crippen LogP contribution in [0.3, 0.4) is 0 Å². The van der Waals surface area contributed by atoms with Crippen molar-refractivity contribution in [1.82, 2.24) is 5.32 Å². The van der Waals surface area contributed by atoms with Crippen LogP contribution in [0, 0.1) is 17.6 Å². The van der Waals surface area contributed by atoms with E-state index in [2.05, 4.69) is 5.32 Å². The smallest absolute Gasteiger partial charge is 0.167 e. The lowest BCUT2D eigenvalue weighted by molar-refractivity contribution is -0.167. The Morgan fingerprint density at radius 1 is 0.806 bits per heavy atom. The summed E-state index contributed by atoms with van der Waals surface area (Å²) in [5, 5.41) is 3.82. The van der Waals surface area contributed by atoms with Crippen LogP contribution in [0.15, 0.2) is 36.4 Å². The summed E-state index contributed by atoms with van der Waals surface area (Å²) in [6.45, 7) is 2.65. The quantitative estimate of drug-likeness (QED) is 0.388. The topological polar surface area (TPSA) is 49.0 Å². The van der Waals surface area contributed by atoms with Crippen LogP contribution in [0.5, 0.6) is 11.5 Å². The van der Waals surface area contributed by atoms with Crippen LogP contribution < -0.4 is 14.8 Å². The molecule has 1 saturated carbocycles. The SMILES string of the molecule is Fc1cc(OC2(CCC3CCC(NCC4(Oc5ccc(Cl)c(F)c5)COC4)CC3)COC2)ccc1Cl. The summed E-state index contributed by atoms with van der Waals surface area (Å²) in [7, 11) is 0. The molecule has 0 atom stereocenters. The van der Waals surface area contributed by atoms with Gasteiger partial charge >= 0.3 is 0 Å². The minimum absolute atomic E-state index is 0.0809. The molecule has 5 rings (SSSR count). The maximum absolute atomic E-state index is 13.8. The van der Waals surface area contributed by atoms with E-state index in [4.69, 9.17) is 42.1 Å². The normalized spacial score (nSPS) is 24.4. The van der Waals surface area contributed by atoms with Gasteiger partial charge in [0.15, 0.2) is 11.2 Å². The van der Waals surface area contributed by atoms with Gasteiger partial charge in [0.2, 0.25) is 0 Å². The summed E-state index contributed by atoms with van der Waals surface area (Å²) < 4.78 is 50.7. The maximum Gasteiger partial charge on any atom is 0.167 e. The molecule has 2 aromatic rings. The van der Waals surface area contributed by atoms with E-state index in [1.165, 1.54) is 24.3 Å². The fourth-order valence-corrected chi connectivity index (χ4v) is 5.38. The van der Waals surface area contributed by atoms with Crippen molar-refractivity contribution in [3.63, 3.8) is 0 Å². The summed E-state index contributed by atoms with van der Waals surface area (Å²) in [6.07, 6.45) is 6.38. The zero-order valence-corrected chi connectivity index (χ0v) is 21.6. The van der Waals surface area contributed by atoms with Crippen molar-refractivity contribution in [2.75, 3.05) is 33.0 Å². The largest absolute Gasteiger partial charge is 0.482 e. The van der Waals surface area contributed by atoms with Crippen LogP contribution in [-0.2, 0) is 9.47 Å². The standard InChI is InChI=1S/C27H31Cl2F2NO4/c28-22-7-5-20(11-24(22)30)35-26(14-33-15-26)10-9-18-1-3-19(4-2-18)32-13-27(16-34-17-27)36-21-6-8-23(29)25(31)12-21/h5-8,11-12,18-19,32H,1-4,9-10,13-17H2. The second kappa shape index (κ2) is 11.0. The summed E-state index contributed by atoms with van der Waals surface area (Å²) in [5.74, 6) is 0.613. The van der Waals surface area contributed by atoms with Crippen molar-refractivity contribution in [2.45, 2.75) is 55.8 Å². The second-order valence-electron chi connectivity index (χ2n) is 10.3. The number of rotatable bonds is 10. The summed E-state index contributed by atoms with van der Waals surface area (Å²) in [5.41, 5.74) is -0.864. The number of hydrogen-bond donors (Lipinski definition) is 1. The lowest BCUT2D eigenvalue weighted by Gasteiger charge is -2.43. The van der Waals surface area contributed by atoms with Crippen molar-refractivity contribution in [3.05, 3.63) is 58.1 Å². The van der Waals surface area contributed by atoms with Gasteiger partial charge in [-0.2, -0.15) is 0 Å². The first kappa shape index (κ1) is 26.0. The van der Waals surface area contributed by atoms with E-state index in [0.29, 0.717) is 56.4 Å². The number of hydrogen-bond acceptors (Lipinski definition) is 5. The van der Waals surface area contributed by atoms with E-state index in [0.717, 1.165) is 38.5 Å². The summed E-state index contributed by atoms with van der Waals surface area (Å²) in [6, 6.07) is 9.49. The minimum Gasteiger partial charge on any atom is -0.482 e. The maximum atomic E-state index is 13.8. The highest BCUT2D eigenvalue weighted by molar-refractivity contribution is 6.31. The molecule has 2 aromatic carbocycles. The molecule has 2 heterocycles. The molecule has 3 fully saturated rings. The van der Waals surface area contributed by atoms with Gasteiger partial charge < -0.3 is 24.3 Å². The number of benzene rings is 2. The average Bonchev–Trinajstić information content (AvgIpc) is 2.82. The molecule has 5 nitrogen and oxygen atoms in total. The molecule has 0 spiro atoms. The molecular weight excluding hydrogens is 511 g/mol. The Balaban J connectivity index is 1.06. The lowest BCUT2D eigenvalue weighted by atomic mass is 9.80. The molecule has 9 heteroatoms. The zero-order chi connectivity index (χ0) is 25.2. The van der Waals surface area contributed by atoms with Crippen molar-refractivity contribution in [3.8, 4) is 11.5 Å². The second-order valence-corrected chi connectivity index (χ2v) is 11.2. The van der Waals surface area contributed by atoms with Gasteiger partial charge in [-0.15, -0.1) is 0 Å². The van der Waals surface area contributed by atoms with E-state index >= 15 is 0 Å². The Hall–Kier alpha value is -1.64. The first-order valence-electron chi connectivity index (χ1n) is 12.5. The highest BCUT2D eigenvalue weighted by atomic mass is 35.5. The van der Waals surface area contributed by atoms with E-state index in [1.807, 2.05) is 0 Å². The van der Waals surface area contributed by atoms with E-state index < -0.39 is 17.2 Å². The van der Waals surface area contributed by atoms with Crippen LogP contribution in [0.2, 0.25) is 10.0 Å². The summed E-state index contributed by atoms with van der Waals surface area (Å²) in [4.78, 5) is 0. The first-order valence-corrected chi connectivity index (χ1v) is 13.3. The Kier molecular flexibility index (Phi) is 7.94. The molecule has 1 aliphatic carbocycles. The summed E-state index contributed by atoms with van der Waals surface area (Å²) >= 11 is 11.6. The van der Waals surface area contributed by atoms with Gasteiger partial charge in [-0.05, 0) is 68.7 Å². The molecule has 0 amide bonds. The monoisotopic (exact) mass is 541 g/mol. The highest BCUT2D eigenvalue weighted by Gasteiger charge is 2.43. The van der Waals surface area contributed by atoms with E-state index in [1.54, 1.807) is 12.1 Å². The third-order valence-electron chi connectivity index (χ3n) is 7.48. The molecule has 36 heavy (non-hydrogen) atoms. The fraction of sp³-hybridized carbons (Fsp3) is 0.556. The van der Waals surface area contributed by atoms with Crippen LogP contribution >= 0.6 is 23.2 Å². The molecule has 0 bridgehead atoms. The first-order chi connectivity index (χ1) is 17.3. The Bertz CT molecular complexity index is 973. The third kappa shape index (κ3) is 6.08. The molecule has 196 valence electrons. The third-order valence-corrected chi connectivity index (χ3v) is 8.09. The van der Waals surface area contributed by atoms with E-state index in [-0.39, 0.29) is 15.6 Å². The minimum atomic E-state index is -0.489. The van der Waals surface area contributed by atoms with Crippen LogP contribution in [0.1, 0.15) is 38.5 Å². The molecule has 0 radical (unpaired) electrons. The Morgan fingerprint density at radius 3 is 1.81 bits per heavy atom. The van der Waals surface area contributed by atoms with Crippen LogP contribution in [-0.4, -0.2) is 50.2 Å². The van der Waals surface area contributed by atoms with Crippen molar-refractivity contribution >= 4 is 23.2 Å². The van der Waals surface area contributed by atoms with Gasteiger partial charge in [-0.1, -0.05) is 23.2 Å². The Morgan fingerprint density at radius 2 is 1.33 bits per heavy atom. The van der Waals surface area contributed by atoms with Crippen molar-refractivity contribution in [1.29, 1.82) is 0 Å². The average molecular weight is 542 g/mol. The predicted octanol–water partition coefficient (Wildman–Crippen LogP) is 6.20. The zero-order valence-electron chi connectivity index (χ0n) is 20.0. The van der Waals surface area contributed by atoms with Crippen LogP contribution in [0.4, 0.5) is 8.78 Å². The molecular formula is C27H31Cl2F2NO4. The van der Waals surface area contributed by atoms with Gasteiger partial charge in [-0.3, -0.25) is 0 Å². The van der Waals surface area contributed by atoms with Crippen molar-refractivity contribution < 1.29 is 27.7 Å². The number of nitrogens with one attached hydrogen (secondary N) is 1. The predicted molar refractivity (Wildman–Crippen MR) is 134 cm³/mol. The van der Waals surface area contributed by atoms with Gasteiger partial charge in [0.25, 0.3) is 0 Å². The number of ether oxygens (including phenoxy) is 4. The molecule has 2 aliphatic heterocycles. The van der Waals surface area contributed by atoms with Crippen molar-refractivity contribution in [2.24, 2.45) is 5.92 Å². The van der Waals surface area contributed by atoms with Gasteiger partial charge in [0.05, 0.1) is 36.5 Å². The van der Waals surface area contributed by atoms with E-state index in [9.17, 15) is 8.78 Å². The lowest BCUT2D eigenvalue weighted by Crippen LogP contribution is -2.61. The van der Waals surface area contributed by atoms with Gasteiger partial charge in [0.1, 0.15) is 23.1 Å². The fourth-order valence-electron chi connectivity index (χ4n) is 5.14. The highest BCUT2D eigenvalue weighted by Crippen LogP contribution is 2.36. The van der Waals surface area contributed by atoms with Gasteiger partial charge in [-0.25, -0.2) is 8.78 Å². The molecule has 0 aromatic heterocycles. The molecule has 3 aliphatic rings. The Labute approximate surface area is 220 Å². The van der Waals surface area contributed by atoms with Gasteiger partial charge in [0, 0.05) is 24.7 Å². The molecule has 2 saturated heterocycles. The number of halogens is 4. The molecule has 1 N–H and O–H groups in total. The molecule has 0 unspecified atom stereocenters. The van der Waals surface area contributed by atoms with Crippen LogP contribution in [0.25, 0.3) is 0 Å².